The number of hydrogen-bond donors (Lipinski definition) is 0. The number of amides is 2. The smallest absolute Gasteiger partial charge is 0.409 e. The Balaban J connectivity index is 1.80. The first-order valence-corrected chi connectivity index (χ1v) is 8.46. The van der Waals surface area contributed by atoms with E-state index in [1.54, 1.807) is 18.9 Å². The molecule has 2 amide bonds. The summed E-state index contributed by atoms with van der Waals surface area (Å²) in [6, 6.07) is 7.78. The number of carbonyl (C=O) groups excluding carboxylic acids is 2. The van der Waals surface area contributed by atoms with Gasteiger partial charge in [-0.15, -0.1) is 0 Å². The van der Waals surface area contributed by atoms with Crippen molar-refractivity contribution in [1.29, 1.82) is 0 Å². The molecule has 0 radical (unpaired) electrons. The lowest BCUT2D eigenvalue weighted by Gasteiger charge is -2.21. The van der Waals surface area contributed by atoms with Crippen molar-refractivity contribution < 1.29 is 19.1 Å². The Bertz CT molecular complexity index is 544. The molecule has 0 aromatic heterocycles. The molecule has 6 heteroatoms. The predicted octanol–water partition coefficient (Wildman–Crippen LogP) is 2.32. The maximum absolute atomic E-state index is 12.4. The molecule has 1 aliphatic heterocycles. The van der Waals surface area contributed by atoms with Crippen LogP contribution >= 0.6 is 0 Å². The predicted molar refractivity (Wildman–Crippen MR) is 91.1 cm³/mol. The van der Waals surface area contributed by atoms with Crippen LogP contribution in [0, 0.1) is 0 Å². The number of benzene rings is 1. The lowest BCUT2D eigenvalue weighted by molar-refractivity contribution is -0.131. The second kappa shape index (κ2) is 9.15. The van der Waals surface area contributed by atoms with E-state index in [4.69, 9.17) is 9.47 Å². The summed E-state index contributed by atoms with van der Waals surface area (Å²) in [4.78, 5) is 27.7. The molecule has 1 fully saturated rings. The van der Waals surface area contributed by atoms with Crippen LogP contribution in [-0.2, 0) is 16.0 Å². The molecule has 0 saturated carbocycles. The molecule has 2 rings (SSSR count). The van der Waals surface area contributed by atoms with Crippen LogP contribution in [0.25, 0.3) is 0 Å². The van der Waals surface area contributed by atoms with Crippen molar-refractivity contribution in [2.75, 3.05) is 39.9 Å². The number of methoxy groups -OCH3 is 1. The standard InChI is InChI=1S/C18H26N2O4/c1-3-24-18(22)20-12-4-11-19(13-14-20)17(21)10-7-15-5-8-16(23-2)9-6-15/h5-6,8-9H,3-4,7,10-14H2,1-2H3. The third kappa shape index (κ3) is 5.15. The Kier molecular flexibility index (Phi) is 6.90. The highest BCUT2D eigenvalue weighted by Gasteiger charge is 2.22. The van der Waals surface area contributed by atoms with Crippen molar-refractivity contribution in [2.24, 2.45) is 0 Å². The van der Waals surface area contributed by atoms with Gasteiger partial charge in [0.2, 0.25) is 5.91 Å². The fourth-order valence-electron chi connectivity index (χ4n) is 2.77. The number of aryl methyl sites for hydroxylation is 1. The van der Waals surface area contributed by atoms with Gasteiger partial charge in [0.25, 0.3) is 0 Å². The van der Waals surface area contributed by atoms with Crippen LogP contribution in [0.4, 0.5) is 4.79 Å². The number of nitrogens with zero attached hydrogens (tertiary/aromatic N) is 2. The quantitative estimate of drug-likeness (QED) is 0.829. The molecule has 1 aromatic carbocycles. The Hall–Kier alpha value is -2.24. The van der Waals surface area contributed by atoms with Crippen molar-refractivity contribution in [2.45, 2.75) is 26.2 Å². The summed E-state index contributed by atoms with van der Waals surface area (Å²) in [5.41, 5.74) is 1.12. The molecule has 0 unspecified atom stereocenters. The molecule has 1 heterocycles. The molecule has 1 saturated heterocycles. The summed E-state index contributed by atoms with van der Waals surface area (Å²) in [6.45, 7) is 4.61. The van der Waals surface area contributed by atoms with Crippen molar-refractivity contribution in [1.82, 2.24) is 9.80 Å². The lowest BCUT2D eigenvalue weighted by Crippen LogP contribution is -2.37. The molecule has 24 heavy (non-hydrogen) atoms. The molecular formula is C18H26N2O4. The van der Waals surface area contributed by atoms with E-state index in [1.165, 1.54) is 0 Å². The van der Waals surface area contributed by atoms with E-state index in [0.29, 0.717) is 45.6 Å². The van der Waals surface area contributed by atoms with E-state index < -0.39 is 0 Å². The monoisotopic (exact) mass is 334 g/mol. The maximum Gasteiger partial charge on any atom is 0.409 e. The minimum Gasteiger partial charge on any atom is -0.497 e. The van der Waals surface area contributed by atoms with Gasteiger partial charge in [0.05, 0.1) is 13.7 Å². The number of carbonyl (C=O) groups is 2. The zero-order chi connectivity index (χ0) is 17.4. The molecule has 0 bridgehead atoms. The minimum atomic E-state index is -0.287. The maximum atomic E-state index is 12.4. The molecule has 0 N–H and O–H groups in total. The summed E-state index contributed by atoms with van der Waals surface area (Å²) in [7, 11) is 1.64. The molecule has 132 valence electrons. The highest BCUT2D eigenvalue weighted by atomic mass is 16.6. The normalized spacial score (nSPS) is 14.9. The summed E-state index contributed by atoms with van der Waals surface area (Å²) >= 11 is 0. The fraction of sp³-hybridized carbons (Fsp3) is 0.556. The molecular weight excluding hydrogens is 308 g/mol. The van der Waals surface area contributed by atoms with Gasteiger partial charge in [-0.05, 0) is 37.5 Å². The Labute approximate surface area is 143 Å². The van der Waals surface area contributed by atoms with Crippen molar-refractivity contribution >= 4 is 12.0 Å². The SMILES string of the molecule is CCOC(=O)N1CCCN(C(=O)CCc2ccc(OC)cc2)CC1. The molecule has 1 aliphatic rings. The molecule has 6 nitrogen and oxygen atoms in total. The van der Waals surface area contributed by atoms with E-state index in [0.717, 1.165) is 17.7 Å². The first-order valence-electron chi connectivity index (χ1n) is 8.46. The summed E-state index contributed by atoms with van der Waals surface area (Å²) in [6.07, 6.45) is 1.68. The van der Waals surface area contributed by atoms with Gasteiger partial charge in [0.1, 0.15) is 5.75 Å². The topological polar surface area (TPSA) is 59.1 Å². The first kappa shape index (κ1) is 18.1. The number of hydrogen-bond acceptors (Lipinski definition) is 4. The van der Waals surface area contributed by atoms with Crippen LogP contribution in [0.3, 0.4) is 0 Å². The van der Waals surface area contributed by atoms with E-state index in [-0.39, 0.29) is 12.0 Å². The molecule has 0 atom stereocenters. The van der Waals surface area contributed by atoms with Crippen LogP contribution in [0.2, 0.25) is 0 Å². The summed E-state index contributed by atoms with van der Waals surface area (Å²) in [5, 5.41) is 0. The third-order valence-electron chi connectivity index (χ3n) is 4.16. The van der Waals surface area contributed by atoms with Gasteiger partial charge in [-0.2, -0.15) is 0 Å². The van der Waals surface area contributed by atoms with Crippen LogP contribution in [0.15, 0.2) is 24.3 Å². The van der Waals surface area contributed by atoms with E-state index >= 15 is 0 Å². The largest absolute Gasteiger partial charge is 0.497 e. The number of rotatable bonds is 5. The second-order valence-electron chi connectivity index (χ2n) is 5.77. The fourth-order valence-corrected chi connectivity index (χ4v) is 2.77. The van der Waals surface area contributed by atoms with Gasteiger partial charge >= 0.3 is 6.09 Å². The first-order chi connectivity index (χ1) is 11.6. The van der Waals surface area contributed by atoms with Gasteiger partial charge in [-0.1, -0.05) is 12.1 Å². The Morgan fingerprint density at radius 2 is 1.71 bits per heavy atom. The van der Waals surface area contributed by atoms with E-state index in [1.807, 2.05) is 29.2 Å². The number of ether oxygens (including phenoxy) is 2. The molecule has 0 aliphatic carbocycles. The minimum absolute atomic E-state index is 0.136. The molecule has 1 aromatic rings. The zero-order valence-corrected chi connectivity index (χ0v) is 14.5. The van der Waals surface area contributed by atoms with Gasteiger partial charge in [0, 0.05) is 32.6 Å². The lowest BCUT2D eigenvalue weighted by atomic mass is 10.1. The van der Waals surface area contributed by atoms with Gasteiger partial charge < -0.3 is 19.3 Å². The van der Waals surface area contributed by atoms with Gasteiger partial charge in [-0.3, -0.25) is 4.79 Å². The summed E-state index contributed by atoms with van der Waals surface area (Å²) < 4.78 is 10.2. The highest BCUT2D eigenvalue weighted by Crippen LogP contribution is 2.14. The van der Waals surface area contributed by atoms with Crippen molar-refractivity contribution in [3.8, 4) is 5.75 Å². The van der Waals surface area contributed by atoms with Crippen LogP contribution in [-0.4, -0.2) is 61.7 Å². The third-order valence-corrected chi connectivity index (χ3v) is 4.16. The van der Waals surface area contributed by atoms with Gasteiger partial charge in [0.15, 0.2) is 0 Å². The second-order valence-corrected chi connectivity index (χ2v) is 5.77. The Morgan fingerprint density at radius 1 is 1.04 bits per heavy atom. The zero-order valence-electron chi connectivity index (χ0n) is 14.5. The van der Waals surface area contributed by atoms with Crippen LogP contribution < -0.4 is 4.74 Å². The Morgan fingerprint density at radius 3 is 2.38 bits per heavy atom. The van der Waals surface area contributed by atoms with Gasteiger partial charge in [-0.25, -0.2) is 4.79 Å². The van der Waals surface area contributed by atoms with Crippen molar-refractivity contribution in [3.63, 3.8) is 0 Å². The average Bonchev–Trinajstić information content (AvgIpc) is 2.86. The molecule has 0 spiro atoms. The van der Waals surface area contributed by atoms with Crippen molar-refractivity contribution in [3.05, 3.63) is 29.8 Å². The van der Waals surface area contributed by atoms with Crippen LogP contribution in [0.5, 0.6) is 5.75 Å². The van der Waals surface area contributed by atoms with Crippen LogP contribution in [0.1, 0.15) is 25.3 Å². The highest BCUT2D eigenvalue weighted by molar-refractivity contribution is 5.76. The summed E-state index contributed by atoms with van der Waals surface area (Å²) in [5.74, 6) is 0.952. The average molecular weight is 334 g/mol. The van der Waals surface area contributed by atoms with E-state index in [2.05, 4.69) is 0 Å². The van der Waals surface area contributed by atoms with E-state index in [9.17, 15) is 9.59 Å².